The van der Waals surface area contributed by atoms with Crippen molar-refractivity contribution in [3.8, 4) is 0 Å². The summed E-state index contributed by atoms with van der Waals surface area (Å²) in [6.07, 6.45) is 1.31. The van der Waals surface area contributed by atoms with Crippen LogP contribution in [-0.2, 0) is 0 Å². The lowest BCUT2D eigenvalue weighted by Gasteiger charge is -2.02. The van der Waals surface area contributed by atoms with Gasteiger partial charge in [0.2, 0.25) is 0 Å². The molecule has 0 spiro atoms. The van der Waals surface area contributed by atoms with Crippen LogP contribution in [0.3, 0.4) is 0 Å². The Labute approximate surface area is 102 Å². The van der Waals surface area contributed by atoms with Gasteiger partial charge in [-0.25, -0.2) is 9.78 Å². The number of pyridine rings is 1. The van der Waals surface area contributed by atoms with Crippen LogP contribution in [0.4, 0.5) is 5.82 Å². The highest BCUT2D eigenvalue weighted by Crippen LogP contribution is 2.08. The van der Waals surface area contributed by atoms with Crippen LogP contribution in [0.2, 0.25) is 0 Å². The van der Waals surface area contributed by atoms with Gasteiger partial charge in [0, 0.05) is 11.9 Å². The van der Waals surface area contributed by atoms with Gasteiger partial charge in [0.05, 0.1) is 5.56 Å². The third-order valence-corrected chi connectivity index (χ3v) is 2.19. The third kappa shape index (κ3) is 2.51. The molecule has 0 aliphatic carbocycles. The molecule has 0 fully saturated rings. The number of aryl methyl sites for hydroxylation is 1. The number of nitrogens with zero attached hydrogens (tertiary/aromatic N) is 2. The Morgan fingerprint density at radius 1 is 1.39 bits per heavy atom. The van der Waals surface area contributed by atoms with Crippen LogP contribution < -0.4 is 5.32 Å². The molecule has 0 atom stereocenters. The van der Waals surface area contributed by atoms with Crippen molar-refractivity contribution in [2.24, 2.45) is 0 Å². The normalized spacial score (nSPS) is 10.1. The molecule has 0 aliphatic rings. The van der Waals surface area contributed by atoms with Gasteiger partial charge < -0.3 is 10.4 Å². The molecule has 2 aromatic rings. The Kier molecular flexibility index (Phi) is 3.05. The second-order valence-electron chi connectivity index (χ2n) is 3.63. The molecule has 2 rings (SSSR count). The molecular formula is C11H10N4O3. The fraction of sp³-hybridized carbons (Fsp3) is 0.0909. The van der Waals surface area contributed by atoms with E-state index < -0.39 is 11.9 Å². The van der Waals surface area contributed by atoms with E-state index in [1.807, 2.05) is 0 Å². The van der Waals surface area contributed by atoms with E-state index in [9.17, 15) is 9.59 Å². The summed E-state index contributed by atoms with van der Waals surface area (Å²) in [5.41, 5.74) is 1.03. The standard InChI is InChI=1S/C11H10N4O3/c1-6-4-8(15-14-6)10(16)13-9-5-7(11(17)18)2-3-12-9/h2-5H,1H3,(H,14,15)(H,17,18)(H,12,13,16). The predicted octanol–water partition coefficient (Wildman–Crippen LogP) is 1.06. The minimum absolute atomic E-state index is 0.0542. The molecule has 1 amide bonds. The van der Waals surface area contributed by atoms with Crippen molar-refractivity contribution >= 4 is 17.7 Å². The van der Waals surface area contributed by atoms with E-state index in [0.29, 0.717) is 0 Å². The van der Waals surface area contributed by atoms with Crippen molar-refractivity contribution in [2.75, 3.05) is 5.32 Å². The molecule has 0 unspecified atom stereocenters. The zero-order valence-electron chi connectivity index (χ0n) is 9.47. The molecule has 0 aromatic carbocycles. The first-order valence-electron chi connectivity index (χ1n) is 5.09. The highest BCUT2D eigenvalue weighted by Gasteiger charge is 2.11. The topological polar surface area (TPSA) is 108 Å². The number of amides is 1. The number of rotatable bonds is 3. The average molecular weight is 246 g/mol. The Morgan fingerprint density at radius 2 is 2.17 bits per heavy atom. The highest BCUT2D eigenvalue weighted by atomic mass is 16.4. The van der Waals surface area contributed by atoms with E-state index in [4.69, 9.17) is 5.11 Å². The van der Waals surface area contributed by atoms with Gasteiger partial charge in [-0.05, 0) is 25.1 Å². The molecule has 0 bridgehead atoms. The number of carbonyl (C=O) groups is 2. The highest BCUT2D eigenvalue weighted by molar-refractivity contribution is 6.02. The van der Waals surface area contributed by atoms with Gasteiger partial charge in [0.25, 0.3) is 5.91 Å². The molecule has 0 radical (unpaired) electrons. The van der Waals surface area contributed by atoms with Crippen LogP contribution in [0.5, 0.6) is 0 Å². The van der Waals surface area contributed by atoms with Gasteiger partial charge in [-0.1, -0.05) is 0 Å². The Morgan fingerprint density at radius 3 is 2.78 bits per heavy atom. The van der Waals surface area contributed by atoms with Crippen LogP contribution in [0.25, 0.3) is 0 Å². The summed E-state index contributed by atoms with van der Waals surface area (Å²) in [5.74, 6) is -1.36. The van der Waals surface area contributed by atoms with E-state index >= 15 is 0 Å². The Hall–Kier alpha value is -2.70. The van der Waals surface area contributed by atoms with E-state index in [2.05, 4.69) is 20.5 Å². The molecule has 0 saturated carbocycles. The van der Waals surface area contributed by atoms with E-state index in [1.165, 1.54) is 18.3 Å². The summed E-state index contributed by atoms with van der Waals surface area (Å²) in [6.45, 7) is 1.77. The second-order valence-corrected chi connectivity index (χ2v) is 3.63. The molecule has 7 heteroatoms. The first kappa shape index (κ1) is 11.8. The van der Waals surface area contributed by atoms with Crippen molar-refractivity contribution in [3.05, 3.63) is 41.3 Å². The summed E-state index contributed by atoms with van der Waals surface area (Å²) in [7, 11) is 0. The predicted molar refractivity (Wildman–Crippen MR) is 62.5 cm³/mol. The molecule has 92 valence electrons. The van der Waals surface area contributed by atoms with Crippen molar-refractivity contribution in [3.63, 3.8) is 0 Å². The lowest BCUT2D eigenvalue weighted by Crippen LogP contribution is -2.14. The summed E-state index contributed by atoms with van der Waals surface area (Å²) < 4.78 is 0. The number of carboxylic acid groups (broad SMARTS) is 1. The van der Waals surface area contributed by atoms with E-state index in [-0.39, 0.29) is 17.1 Å². The van der Waals surface area contributed by atoms with Crippen molar-refractivity contribution < 1.29 is 14.7 Å². The average Bonchev–Trinajstić information content (AvgIpc) is 2.76. The lowest BCUT2D eigenvalue weighted by molar-refractivity contribution is 0.0696. The molecule has 2 aromatic heterocycles. The smallest absolute Gasteiger partial charge is 0.335 e. The van der Waals surface area contributed by atoms with Gasteiger partial charge >= 0.3 is 5.97 Å². The Balaban J connectivity index is 2.16. The number of hydrogen-bond donors (Lipinski definition) is 3. The Bertz CT molecular complexity index is 606. The zero-order valence-corrected chi connectivity index (χ0v) is 9.47. The fourth-order valence-electron chi connectivity index (χ4n) is 1.35. The maximum absolute atomic E-state index is 11.7. The molecule has 18 heavy (non-hydrogen) atoms. The number of aromatic amines is 1. The minimum Gasteiger partial charge on any atom is -0.478 e. The van der Waals surface area contributed by atoms with Crippen molar-refractivity contribution in [2.45, 2.75) is 6.92 Å². The van der Waals surface area contributed by atoms with E-state index in [0.717, 1.165) is 5.69 Å². The quantitative estimate of drug-likeness (QED) is 0.750. The van der Waals surface area contributed by atoms with Gasteiger partial charge in [0.1, 0.15) is 5.82 Å². The fourth-order valence-corrected chi connectivity index (χ4v) is 1.35. The number of aromatic nitrogens is 3. The molecule has 0 saturated heterocycles. The van der Waals surface area contributed by atoms with Gasteiger partial charge in [-0.2, -0.15) is 5.10 Å². The maximum Gasteiger partial charge on any atom is 0.335 e. The minimum atomic E-state index is -1.08. The monoisotopic (exact) mass is 246 g/mol. The van der Waals surface area contributed by atoms with Crippen LogP contribution in [0, 0.1) is 6.92 Å². The first-order chi connectivity index (χ1) is 8.56. The summed E-state index contributed by atoms with van der Waals surface area (Å²) >= 11 is 0. The van der Waals surface area contributed by atoms with Crippen LogP contribution in [0.1, 0.15) is 26.5 Å². The van der Waals surface area contributed by atoms with Gasteiger partial charge in [0.15, 0.2) is 5.69 Å². The third-order valence-electron chi connectivity index (χ3n) is 2.19. The summed E-state index contributed by atoms with van der Waals surface area (Å²) in [5, 5.41) is 17.7. The van der Waals surface area contributed by atoms with Gasteiger partial charge in [-0.3, -0.25) is 9.89 Å². The largest absolute Gasteiger partial charge is 0.478 e. The number of hydrogen-bond acceptors (Lipinski definition) is 4. The number of carbonyl (C=O) groups excluding carboxylic acids is 1. The number of H-pyrrole nitrogens is 1. The zero-order chi connectivity index (χ0) is 13.1. The number of carboxylic acids is 1. The summed E-state index contributed by atoms with van der Waals surface area (Å²) in [4.78, 5) is 26.3. The van der Waals surface area contributed by atoms with Crippen LogP contribution in [-0.4, -0.2) is 32.2 Å². The molecule has 3 N–H and O–H groups in total. The van der Waals surface area contributed by atoms with E-state index in [1.54, 1.807) is 13.0 Å². The number of anilines is 1. The lowest BCUT2D eigenvalue weighted by atomic mass is 10.2. The van der Waals surface area contributed by atoms with Crippen molar-refractivity contribution in [1.82, 2.24) is 15.2 Å². The molecule has 2 heterocycles. The van der Waals surface area contributed by atoms with Crippen LogP contribution in [0.15, 0.2) is 24.4 Å². The number of aromatic carboxylic acids is 1. The van der Waals surface area contributed by atoms with Crippen LogP contribution >= 0.6 is 0 Å². The van der Waals surface area contributed by atoms with Crippen molar-refractivity contribution in [1.29, 1.82) is 0 Å². The molecular weight excluding hydrogens is 236 g/mol. The SMILES string of the molecule is Cc1cc(C(=O)Nc2cc(C(=O)O)ccn2)n[nH]1. The maximum atomic E-state index is 11.7. The first-order valence-corrected chi connectivity index (χ1v) is 5.09. The van der Waals surface area contributed by atoms with Gasteiger partial charge in [-0.15, -0.1) is 0 Å². The second kappa shape index (κ2) is 4.66. The number of nitrogens with one attached hydrogen (secondary N) is 2. The summed E-state index contributed by atoms with van der Waals surface area (Å²) in [6, 6.07) is 4.20. The molecule has 0 aliphatic heterocycles. The molecule has 7 nitrogen and oxygen atoms in total.